The van der Waals surface area contributed by atoms with Crippen LogP contribution in [0.15, 0.2) is 34.5 Å². The number of ether oxygens (including phenoxy) is 1. The quantitative estimate of drug-likeness (QED) is 0.334. The summed E-state index contributed by atoms with van der Waals surface area (Å²) in [6, 6.07) is 7.66. The van der Waals surface area contributed by atoms with Gasteiger partial charge in [-0.25, -0.2) is 4.79 Å². The lowest BCUT2D eigenvalue weighted by Gasteiger charge is -2.07. The summed E-state index contributed by atoms with van der Waals surface area (Å²) in [4.78, 5) is 12.0. The first-order valence-electron chi connectivity index (χ1n) is 8.04. The minimum absolute atomic E-state index is 0.0179. The van der Waals surface area contributed by atoms with Crippen molar-refractivity contribution in [2.24, 2.45) is 0 Å². The van der Waals surface area contributed by atoms with Crippen molar-refractivity contribution in [3.63, 3.8) is 0 Å². The fourth-order valence-corrected chi connectivity index (χ4v) is 2.45. The first kappa shape index (κ1) is 17.6. The number of rotatable bonds is 7. The third-order valence-corrected chi connectivity index (χ3v) is 3.88. The second-order valence-electron chi connectivity index (χ2n) is 5.65. The van der Waals surface area contributed by atoms with Gasteiger partial charge in [0.15, 0.2) is 0 Å². The van der Waals surface area contributed by atoms with Crippen LogP contribution in [0.1, 0.15) is 42.5 Å². The summed E-state index contributed by atoms with van der Waals surface area (Å²) in [6.07, 6.45) is 4.97. The molecule has 2 aromatic heterocycles. The summed E-state index contributed by atoms with van der Waals surface area (Å²) in [5.41, 5.74) is 2.86. The number of aryl methyl sites for hydroxylation is 1. The Morgan fingerprint density at radius 3 is 2.88 bits per heavy atom. The molecule has 0 bridgehead atoms. The van der Waals surface area contributed by atoms with Gasteiger partial charge in [-0.1, -0.05) is 13.3 Å². The molecule has 0 N–H and O–H groups in total. The van der Waals surface area contributed by atoms with Crippen LogP contribution in [-0.4, -0.2) is 17.1 Å². The normalized spacial score (nSPS) is 11.3. The summed E-state index contributed by atoms with van der Waals surface area (Å²) in [5, 5.41) is 9.25. The van der Waals surface area contributed by atoms with Crippen molar-refractivity contribution in [3.8, 4) is 6.07 Å². The fraction of sp³-hybridized carbons (Fsp3) is 0.368. The molecular weight excluding hydrogens is 304 g/mol. The van der Waals surface area contributed by atoms with E-state index in [1.807, 2.05) is 45.0 Å². The van der Waals surface area contributed by atoms with E-state index in [9.17, 15) is 10.1 Å². The van der Waals surface area contributed by atoms with E-state index in [2.05, 4.69) is 4.57 Å². The highest BCUT2D eigenvalue weighted by atomic mass is 16.5. The highest BCUT2D eigenvalue weighted by Gasteiger charge is 2.14. The van der Waals surface area contributed by atoms with Crippen molar-refractivity contribution >= 4 is 12.0 Å². The molecule has 0 radical (unpaired) electrons. The van der Waals surface area contributed by atoms with Gasteiger partial charge >= 0.3 is 5.97 Å². The molecule has 0 atom stereocenters. The monoisotopic (exact) mass is 326 g/mol. The van der Waals surface area contributed by atoms with Crippen molar-refractivity contribution in [2.75, 3.05) is 6.61 Å². The minimum Gasteiger partial charge on any atom is -0.467 e. The molecule has 5 nitrogen and oxygen atoms in total. The van der Waals surface area contributed by atoms with Crippen molar-refractivity contribution in [1.82, 2.24) is 4.57 Å². The number of furan rings is 1. The van der Waals surface area contributed by atoms with Gasteiger partial charge in [0.2, 0.25) is 0 Å². The Morgan fingerprint density at radius 1 is 1.46 bits per heavy atom. The molecule has 0 unspecified atom stereocenters. The minimum atomic E-state index is -0.568. The average Bonchev–Trinajstić information content (AvgIpc) is 3.16. The van der Waals surface area contributed by atoms with E-state index in [0.717, 1.165) is 35.6 Å². The highest BCUT2D eigenvalue weighted by Crippen LogP contribution is 2.20. The maximum Gasteiger partial charge on any atom is 0.348 e. The lowest BCUT2D eigenvalue weighted by molar-refractivity contribution is -0.138. The first-order valence-corrected chi connectivity index (χ1v) is 8.04. The van der Waals surface area contributed by atoms with Gasteiger partial charge in [-0.2, -0.15) is 5.26 Å². The lowest BCUT2D eigenvalue weighted by atomic mass is 10.1. The van der Waals surface area contributed by atoms with E-state index in [4.69, 9.17) is 9.15 Å². The summed E-state index contributed by atoms with van der Waals surface area (Å²) in [6.45, 7) is 6.91. The average molecular weight is 326 g/mol. The number of hydrogen-bond donors (Lipinski definition) is 0. The van der Waals surface area contributed by atoms with Crippen LogP contribution in [-0.2, 0) is 16.1 Å². The van der Waals surface area contributed by atoms with E-state index >= 15 is 0 Å². The van der Waals surface area contributed by atoms with Gasteiger partial charge in [-0.15, -0.1) is 0 Å². The molecule has 0 amide bonds. The van der Waals surface area contributed by atoms with Gasteiger partial charge in [-0.3, -0.25) is 0 Å². The van der Waals surface area contributed by atoms with Crippen LogP contribution in [0.2, 0.25) is 0 Å². The smallest absolute Gasteiger partial charge is 0.348 e. The summed E-state index contributed by atoms with van der Waals surface area (Å²) < 4.78 is 12.6. The highest BCUT2D eigenvalue weighted by molar-refractivity contribution is 5.98. The first-order chi connectivity index (χ1) is 11.6. The van der Waals surface area contributed by atoms with Gasteiger partial charge in [-0.05, 0) is 50.1 Å². The number of nitrogens with zero attached hydrogens (tertiary/aromatic N) is 2. The van der Waals surface area contributed by atoms with Crippen molar-refractivity contribution in [1.29, 1.82) is 5.26 Å². The van der Waals surface area contributed by atoms with Crippen molar-refractivity contribution < 1.29 is 13.9 Å². The van der Waals surface area contributed by atoms with Crippen LogP contribution in [0.25, 0.3) is 6.08 Å². The molecule has 2 rings (SSSR count). The molecule has 2 aromatic rings. The molecule has 0 fully saturated rings. The van der Waals surface area contributed by atoms with Crippen LogP contribution < -0.4 is 0 Å². The fourth-order valence-electron chi connectivity index (χ4n) is 2.45. The van der Waals surface area contributed by atoms with Gasteiger partial charge < -0.3 is 13.7 Å². The molecular formula is C19H22N2O3. The predicted molar refractivity (Wildman–Crippen MR) is 91.2 cm³/mol. The number of esters is 1. The molecule has 0 aromatic carbocycles. The Balaban J connectivity index is 2.21. The number of hydrogen-bond acceptors (Lipinski definition) is 4. The third-order valence-electron chi connectivity index (χ3n) is 3.88. The third kappa shape index (κ3) is 4.17. The SMILES string of the molecule is CCCCOC(=O)/C(C#N)=C/c1cc(C)n(Cc2ccco2)c1C. The van der Waals surface area contributed by atoms with E-state index < -0.39 is 5.97 Å². The van der Waals surface area contributed by atoms with E-state index in [0.29, 0.717) is 13.2 Å². The molecule has 0 saturated carbocycles. The Kier molecular flexibility index (Phi) is 6.02. The maximum atomic E-state index is 12.0. The number of unbranched alkanes of at least 4 members (excludes halogenated alkanes) is 1. The van der Waals surface area contributed by atoms with Crippen molar-refractivity contribution in [2.45, 2.75) is 40.2 Å². The zero-order chi connectivity index (χ0) is 17.5. The molecule has 0 saturated heterocycles. The van der Waals surface area contributed by atoms with E-state index in [1.165, 1.54) is 0 Å². The van der Waals surface area contributed by atoms with E-state index in [1.54, 1.807) is 12.3 Å². The number of nitriles is 1. The van der Waals surface area contributed by atoms with Crippen LogP contribution in [0.3, 0.4) is 0 Å². The Labute approximate surface area is 142 Å². The zero-order valence-corrected chi connectivity index (χ0v) is 14.3. The van der Waals surface area contributed by atoms with Crippen molar-refractivity contribution in [3.05, 3.63) is 52.7 Å². The van der Waals surface area contributed by atoms with Gasteiger partial charge in [0, 0.05) is 11.4 Å². The van der Waals surface area contributed by atoms with Gasteiger partial charge in [0.1, 0.15) is 17.4 Å². The summed E-state index contributed by atoms with van der Waals surface area (Å²) in [5.74, 6) is 0.286. The second-order valence-corrected chi connectivity index (χ2v) is 5.65. The van der Waals surface area contributed by atoms with Gasteiger partial charge in [0.05, 0.1) is 19.4 Å². The number of aromatic nitrogens is 1. The molecule has 2 heterocycles. The standard InChI is InChI=1S/C19H22N2O3/c1-4-5-8-24-19(22)17(12-20)11-16-10-14(2)21(15(16)3)13-18-7-6-9-23-18/h6-7,9-11H,4-5,8,13H2,1-3H3/b17-11+. The summed E-state index contributed by atoms with van der Waals surface area (Å²) in [7, 11) is 0. The Hall–Kier alpha value is -2.74. The van der Waals surface area contributed by atoms with Crippen LogP contribution in [0.4, 0.5) is 0 Å². The second kappa shape index (κ2) is 8.21. The molecule has 0 aliphatic heterocycles. The zero-order valence-electron chi connectivity index (χ0n) is 14.3. The molecule has 5 heteroatoms. The predicted octanol–water partition coefficient (Wildman–Crippen LogP) is 4.00. The van der Waals surface area contributed by atoms with Crippen LogP contribution in [0.5, 0.6) is 0 Å². The number of carbonyl (C=O) groups is 1. The molecule has 126 valence electrons. The topological polar surface area (TPSA) is 68.2 Å². The van der Waals surface area contributed by atoms with E-state index in [-0.39, 0.29) is 5.57 Å². The summed E-state index contributed by atoms with van der Waals surface area (Å²) >= 11 is 0. The molecule has 0 aliphatic carbocycles. The Bertz CT molecular complexity index is 761. The molecule has 0 spiro atoms. The van der Waals surface area contributed by atoms with Crippen LogP contribution in [0, 0.1) is 25.2 Å². The molecule has 24 heavy (non-hydrogen) atoms. The lowest BCUT2D eigenvalue weighted by Crippen LogP contribution is -2.08. The largest absolute Gasteiger partial charge is 0.467 e. The maximum absolute atomic E-state index is 12.0. The Morgan fingerprint density at radius 2 is 2.25 bits per heavy atom. The van der Waals surface area contributed by atoms with Crippen LogP contribution >= 0.6 is 0 Å². The van der Waals surface area contributed by atoms with Gasteiger partial charge in [0.25, 0.3) is 0 Å². The number of carbonyl (C=O) groups excluding carboxylic acids is 1. The molecule has 0 aliphatic rings.